The van der Waals surface area contributed by atoms with E-state index in [4.69, 9.17) is 9.84 Å². The molecule has 24 heavy (non-hydrogen) atoms. The van der Waals surface area contributed by atoms with Crippen molar-refractivity contribution in [3.8, 4) is 0 Å². The Hall–Kier alpha value is -0.480. The molecule has 0 aliphatic carbocycles. The molecule has 1 N–H and O–H groups in total. The molecule has 3 nitrogen and oxygen atoms in total. The van der Waals surface area contributed by atoms with Gasteiger partial charge in [-0.2, -0.15) is 11.8 Å². The molecule has 1 fully saturated rings. The first-order chi connectivity index (χ1) is 11.7. The van der Waals surface area contributed by atoms with Gasteiger partial charge in [0, 0.05) is 12.7 Å². The predicted octanol–water partition coefficient (Wildman–Crippen LogP) is 5.54. The van der Waals surface area contributed by atoms with Crippen LogP contribution in [0, 0.1) is 11.8 Å². The van der Waals surface area contributed by atoms with Crippen molar-refractivity contribution in [2.24, 2.45) is 11.8 Å². The third-order valence-corrected chi connectivity index (χ3v) is 6.00. The van der Waals surface area contributed by atoms with Crippen LogP contribution in [-0.4, -0.2) is 35.8 Å². The van der Waals surface area contributed by atoms with Crippen molar-refractivity contribution in [1.29, 1.82) is 0 Å². The molecule has 140 valence electrons. The van der Waals surface area contributed by atoms with E-state index in [1.807, 2.05) is 0 Å². The van der Waals surface area contributed by atoms with Gasteiger partial charge in [-0.15, -0.1) is 0 Å². The monoisotopic (exact) mass is 356 g/mol. The van der Waals surface area contributed by atoms with Crippen molar-refractivity contribution in [2.75, 3.05) is 24.7 Å². The quantitative estimate of drug-likeness (QED) is 0.309. The fraction of sp³-hybridized carbons (Fsp3) is 0.850. The summed E-state index contributed by atoms with van der Waals surface area (Å²) in [4.78, 5) is 10.4. The largest absolute Gasteiger partial charge is 0.478 e. The highest BCUT2D eigenvalue weighted by Gasteiger charge is 2.27. The van der Waals surface area contributed by atoms with Gasteiger partial charge in [-0.3, -0.25) is 0 Å². The number of rotatable bonds is 15. The number of hydrogen-bond acceptors (Lipinski definition) is 3. The van der Waals surface area contributed by atoms with Crippen LogP contribution in [-0.2, 0) is 9.53 Å². The molecule has 0 bridgehead atoms. The van der Waals surface area contributed by atoms with Crippen molar-refractivity contribution in [3.63, 3.8) is 0 Å². The van der Waals surface area contributed by atoms with Crippen LogP contribution in [0.3, 0.4) is 0 Å². The van der Waals surface area contributed by atoms with Crippen LogP contribution in [0.15, 0.2) is 12.2 Å². The van der Waals surface area contributed by atoms with E-state index in [0.29, 0.717) is 5.92 Å². The van der Waals surface area contributed by atoms with Crippen LogP contribution in [0.5, 0.6) is 0 Å². The van der Waals surface area contributed by atoms with Gasteiger partial charge in [-0.05, 0) is 49.0 Å². The summed E-state index contributed by atoms with van der Waals surface area (Å²) in [6, 6.07) is 0. The lowest BCUT2D eigenvalue weighted by molar-refractivity contribution is -0.131. The number of carboxylic acid groups (broad SMARTS) is 1. The van der Waals surface area contributed by atoms with Gasteiger partial charge in [0.2, 0.25) is 0 Å². The van der Waals surface area contributed by atoms with Gasteiger partial charge in [0.25, 0.3) is 0 Å². The van der Waals surface area contributed by atoms with Gasteiger partial charge in [0.15, 0.2) is 0 Å². The average Bonchev–Trinajstić information content (AvgIpc) is 3.00. The van der Waals surface area contributed by atoms with Gasteiger partial charge in [0.05, 0.1) is 6.61 Å². The Morgan fingerprint density at radius 2 is 1.83 bits per heavy atom. The summed E-state index contributed by atoms with van der Waals surface area (Å²) >= 11 is 2.11. The molecule has 0 saturated carbocycles. The molecule has 1 aliphatic rings. The van der Waals surface area contributed by atoms with Crippen LogP contribution in [0.4, 0.5) is 0 Å². The molecule has 0 aromatic heterocycles. The molecule has 2 atom stereocenters. The summed E-state index contributed by atoms with van der Waals surface area (Å²) in [6.45, 7) is 4.13. The van der Waals surface area contributed by atoms with Crippen molar-refractivity contribution in [2.45, 2.75) is 71.1 Å². The summed E-state index contributed by atoms with van der Waals surface area (Å²) in [6.07, 6.45) is 15.6. The molecule has 0 radical (unpaired) electrons. The number of aliphatic carboxylic acids is 1. The normalized spacial score (nSPS) is 20.9. The Kier molecular flexibility index (Phi) is 13.3. The van der Waals surface area contributed by atoms with Crippen molar-refractivity contribution in [1.82, 2.24) is 0 Å². The van der Waals surface area contributed by atoms with E-state index in [-0.39, 0.29) is 0 Å². The number of unbranched alkanes of at least 4 members (excludes halogenated alkanes) is 7. The minimum absolute atomic E-state index is 0.713. The molecule has 4 heteroatoms. The fourth-order valence-electron chi connectivity index (χ4n) is 3.22. The fourth-order valence-corrected chi connectivity index (χ4v) is 4.46. The Bertz CT molecular complexity index is 344. The van der Waals surface area contributed by atoms with Gasteiger partial charge in [-0.1, -0.05) is 51.5 Å². The van der Waals surface area contributed by atoms with Crippen LogP contribution in [0.2, 0.25) is 0 Å². The molecule has 0 aromatic rings. The van der Waals surface area contributed by atoms with E-state index in [1.165, 1.54) is 68.9 Å². The third-order valence-electron chi connectivity index (χ3n) is 4.76. The Balaban J connectivity index is 1.99. The highest BCUT2D eigenvalue weighted by atomic mass is 32.2. The number of carboxylic acids is 1. The van der Waals surface area contributed by atoms with Gasteiger partial charge in [0.1, 0.15) is 0 Å². The maximum absolute atomic E-state index is 10.4. The summed E-state index contributed by atoms with van der Waals surface area (Å²) in [5.41, 5.74) is 0. The van der Waals surface area contributed by atoms with Crippen molar-refractivity contribution in [3.05, 3.63) is 12.2 Å². The molecular formula is C20H36O3S. The lowest BCUT2D eigenvalue weighted by Crippen LogP contribution is -2.15. The summed E-state index contributed by atoms with van der Waals surface area (Å²) < 4.78 is 5.70. The molecule has 0 amide bonds. The highest BCUT2D eigenvalue weighted by molar-refractivity contribution is 7.99. The van der Waals surface area contributed by atoms with Crippen LogP contribution in [0.1, 0.15) is 71.1 Å². The molecule has 1 heterocycles. The first-order valence-electron chi connectivity index (χ1n) is 9.79. The Labute approximate surface area is 152 Å². The molecule has 0 spiro atoms. The summed E-state index contributed by atoms with van der Waals surface area (Å²) in [5.74, 6) is 3.14. The van der Waals surface area contributed by atoms with E-state index in [2.05, 4.69) is 18.7 Å². The lowest BCUT2D eigenvalue weighted by atomic mass is 9.92. The molecule has 1 saturated heterocycles. The highest BCUT2D eigenvalue weighted by Crippen LogP contribution is 2.29. The number of carbonyl (C=O) groups is 1. The van der Waals surface area contributed by atoms with Gasteiger partial charge >= 0.3 is 5.97 Å². The smallest absolute Gasteiger partial charge is 0.327 e. The zero-order chi connectivity index (χ0) is 17.5. The first kappa shape index (κ1) is 21.6. The van der Waals surface area contributed by atoms with E-state index in [0.717, 1.165) is 32.0 Å². The summed E-state index contributed by atoms with van der Waals surface area (Å²) in [5, 5.41) is 8.55. The zero-order valence-corrected chi connectivity index (χ0v) is 16.2. The van der Waals surface area contributed by atoms with Crippen LogP contribution in [0.25, 0.3) is 0 Å². The van der Waals surface area contributed by atoms with E-state index >= 15 is 0 Å². The molecule has 1 aliphatic heterocycles. The SMILES string of the molecule is CCCCCCCCSCC1COCC1CCCCC=CC(=O)O. The standard InChI is InChI=1S/C20H36O3S/c1-2-3-4-5-8-11-14-24-17-19-16-23-15-18(19)12-9-6-7-10-13-20(21)22/h10,13,18-19H,2-9,11-12,14-17H2,1H3,(H,21,22). The van der Waals surface area contributed by atoms with Crippen LogP contribution < -0.4 is 0 Å². The molecular weight excluding hydrogens is 320 g/mol. The van der Waals surface area contributed by atoms with Gasteiger partial charge < -0.3 is 9.84 Å². The number of hydrogen-bond donors (Lipinski definition) is 1. The van der Waals surface area contributed by atoms with Crippen LogP contribution >= 0.6 is 11.8 Å². The summed E-state index contributed by atoms with van der Waals surface area (Å²) in [7, 11) is 0. The lowest BCUT2D eigenvalue weighted by Gasteiger charge is -2.17. The second-order valence-electron chi connectivity index (χ2n) is 6.93. The van der Waals surface area contributed by atoms with Crippen molar-refractivity contribution < 1.29 is 14.6 Å². The molecule has 0 aromatic carbocycles. The first-order valence-corrected chi connectivity index (χ1v) is 10.9. The number of ether oxygens (including phenoxy) is 1. The molecule has 1 rings (SSSR count). The zero-order valence-electron chi connectivity index (χ0n) is 15.4. The molecule has 2 unspecified atom stereocenters. The average molecular weight is 357 g/mol. The maximum Gasteiger partial charge on any atom is 0.327 e. The third kappa shape index (κ3) is 11.1. The predicted molar refractivity (Wildman–Crippen MR) is 104 cm³/mol. The number of allylic oxidation sites excluding steroid dienone is 1. The van der Waals surface area contributed by atoms with E-state index in [9.17, 15) is 4.79 Å². The minimum Gasteiger partial charge on any atom is -0.478 e. The Morgan fingerprint density at radius 3 is 2.62 bits per heavy atom. The topological polar surface area (TPSA) is 46.5 Å². The second-order valence-corrected chi connectivity index (χ2v) is 8.08. The maximum atomic E-state index is 10.4. The Morgan fingerprint density at radius 1 is 1.08 bits per heavy atom. The van der Waals surface area contributed by atoms with E-state index < -0.39 is 5.97 Å². The minimum atomic E-state index is -0.846. The second kappa shape index (κ2) is 14.8. The number of thioether (sulfide) groups is 1. The van der Waals surface area contributed by atoms with Crippen molar-refractivity contribution >= 4 is 17.7 Å². The van der Waals surface area contributed by atoms with E-state index in [1.54, 1.807) is 6.08 Å². The van der Waals surface area contributed by atoms with Gasteiger partial charge in [-0.25, -0.2) is 4.79 Å².